The summed E-state index contributed by atoms with van der Waals surface area (Å²) in [5, 5.41) is 0. The van der Waals surface area contributed by atoms with E-state index in [1.807, 2.05) is 4.90 Å². The predicted octanol–water partition coefficient (Wildman–Crippen LogP) is 5.41. The lowest BCUT2D eigenvalue weighted by Gasteiger charge is -2.37. The lowest BCUT2D eigenvalue weighted by molar-refractivity contribution is 0.136. The maximum absolute atomic E-state index is 12.5. The fraction of sp³-hybridized carbons (Fsp3) is 0.696. The number of hydrogen-bond acceptors (Lipinski definition) is 4. The normalized spacial score (nSPS) is 24.1. The molecule has 1 amide bonds. The Hall–Kier alpha value is -1.91. The standard InChI is InChI=1S/C23H33NO4/c1-3-4-5-6-11-20-19-14-22(28-18-9-7-8-10-18)21(26-2)13-16(19)12-17-15-27-23(25)24(17)20/h13-14,17-18,20H,3-12,15H2,1-2H3. The molecule has 1 aromatic rings. The first-order valence-electron chi connectivity index (χ1n) is 11.0. The molecule has 3 aliphatic rings. The highest BCUT2D eigenvalue weighted by atomic mass is 16.6. The van der Waals surface area contributed by atoms with Crippen molar-refractivity contribution in [3.8, 4) is 11.5 Å². The molecule has 154 valence electrons. The van der Waals surface area contributed by atoms with E-state index >= 15 is 0 Å². The molecule has 1 saturated carbocycles. The van der Waals surface area contributed by atoms with Crippen molar-refractivity contribution >= 4 is 6.09 Å². The number of carbonyl (C=O) groups is 1. The van der Waals surface area contributed by atoms with Crippen LogP contribution in [0.4, 0.5) is 4.79 Å². The fourth-order valence-corrected chi connectivity index (χ4v) is 5.02. The molecule has 0 aromatic heterocycles. The van der Waals surface area contributed by atoms with Crippen LogP contribution < -0.4 is 9.47 Å². The van der Waals surface area contributed by atoms with E-state index in [-0.39, 0.29) is 24.3 Å². The highest BCUT2D eigenvalue weighted by molar-refractivity contribution is 5.72. The molecule has 1 aromatic carbocycles. The number of rotatable bonds is 8. The molecule has 2 unspecified atom stereocenters. The maximum Gasteiger partial charge on any atom is 0.410 e. The van der Waals surface area contributed by atoms with E-state index in [0.29, 0.717) is 6.61 Å². The number of fused-ring (bicyclic) bond motifs is 2. The van der Waals surface area contributed by atoms with Crippen LogP contribution >= 0.6 is 0 Å². The number of amides is 1. The number of benzene rings is 1. The topological polar surface area (TPSA) is 48.0 Å². The van der Waals surface area contributed by atoms with Gasteiger partial charge in [0.25, 0.3) is 0 Å². The van der Waals surface area contributed by atoms with Gasteiger partial charge in [-0.05, 0) is 61.8 Å². The van der Waals surface area contributed by atoms with Crippen LogP contribution in [0, 0.1) is 0 Å². The summed E-state index contributed by atoms with van der Waals surface area (Å²) in [5.74, 6) is 1.65. The van der Waals surface area contributed by atoms with Crippen LogP contribution in [0.3, 0.4) is 0 Å². The van der Waals surface area contributed by atoms with E-state index < -0.39 is 0 Å². The van der Waals surface area contributed by atoms with Crippen molar-refractivity contribution in [3.63, 3.8) is 0 Å². The molecule has 1 aliphatic carbocycles. The summed E-state index contributed by atoms with van der Waals surface area (Å²) in [7, 11) is 1.71. The molecule has 2 aliphatic heterocycles. The van der Waals surface area contributed by atoms with Crippen LogP contribution in [0.1, 0.15) is 81.9 Å². The summed E-state index contributed by atoms with van der Waals surface area (Å²) in [5.41, 5.74) is 2.50. The van der Waals surface area contributed by atoms with Gasteiger partial charge < -0.3 is 14.2 Å². The Morgan fingerprint density at radius 2 is 1.96 bits per heavy atom. The first kappa shape index (κ1) is 19.4. The van der Waals surface area contributed by atoms with Gasteiger partial charge in [-0.25, -0.2) is 4.79 Å². The van der Waals surface area contributed by atoms with Gasteiger partial charge in [0.2, 0.25) is 0 Å². The minimum Gasteiger partial charge on any atom is -0.493 e. The molecule has 2 fully saturated rings. The molecular formula is C23H33NO4. The molecule has 0 radical (unpaired) electrons. The Kier molecular flexibility index (Phi) is 5.98. The van der Waals surface area contributed by atoms with E-state index in [0.717, 1.165) is 43.6 Å². The Morgan fingerprint density at radius 1 is 1.14 bits per heavy atom. The Morgan fingerprint density at radius 3 is 2.71 bits per heavy atom. The van der Waals surface area contributed by atoms with Crippen molar-refractivity contribution in [2.75, 3.05) is 13.7 Å². The first-order chi connectivity index (χ1) is 13.7. The average Bonchev–Trinajstić information content (AvgIpc) is 3.34. The third kappa shape index (κ3) is 3.81. The van der Waals surface area contributed by atoms with Gasteiger partial charge in [-0.1, -0.05) is 32.6 Å². The minimum atomic E-state index is -0.162. The third-order valence-corrected chi connectivity index (χ3v) is 6.51. The number of ether oxygens (including phenoxy) is 3. The summed E-state index contributed by atoms with van der Waals surface area (Å²) in [6, 6.07) is 4.51. The smallest absolute Gasteiger partial charge is 0.410 e. The average molecular weight is 388 g/mol. The van der Waals surface area contributed by atoms with E-state index in [9.17, 15) is 4.79 Å². The number of hydrogen-bond donors (Lipinski definition) is 0. The highest BCUT2D eigenvalue weighted by Crippen LogP contribution is 2.44. The number of unbranched alkanes of at least 4 members (excludes halogenated alkanes) is 3. The summed E-state index contributed by atoms with van der Waals surface area (Å²) in [6.45, 7) is 2.72. The van der Waals surface area contributed by atoms with Crippen LogP contribution in [0.5, 0.6) is 11.5 Å². The zero-order chi connectivity index (χ0) is 19.5. The van der Waals surface area contributed by atoms with Gasteiger partial charge in [-0.3, -0.25) is 4.90 Å². The maximum atomic E-state index is 12.5. The van der Waals surface area contributed by atoms with Gasteiger partial charge in [0.15, 0.2) is 11.5 Å². The molecule has 5 heteroatoms. The van der Waals surface area contributed by atoms with Crippen molar-refractivity contribution in [1.29, 1.82) is 0 Å². The Labute approximate surface area is 168 Å². The third-order valence-electron chi connectivity index (χ3n) is 6.51. The van der Waals surface area contributed by atoms with Crippen LogP contribution in [0.15, 0.2) is 12.1 Å². The number of cyclic esters (lactones) is 1. The SMILES string of the molecule is CCCCCCC1c2cc(OC3CCCC3)c(OC)cc2CC2COC(=O)N21. The monoisotopic (exact) mass is 387 g/mol. The summed E-state index contributed by atoms with van der Waals surface area (Å²) >= 11 is 0. The summed E-state index contributed by atoms with van der Waals surface area (Å²) < 4.78 is 17.4. The van der Waals surface area contributed by atoms with Crippen molar-refractivity contribution in [3.05, 3.63) is 23.3 Å². The molecule has 0 spiro atoms. The zero-order valence-electron chi connectivity index (χ0n) is 17.2. The molecule has 28 heavy (non-hydrogen) atoms. The van der Waals surface area contributed by atoms with E-state index in [1.165, 1.54) is 43.2 Å². The molecule has 5 nitrogen and oxygen atoms in total. The van der Waals surface area contributed by atoms with Gasteiger partial charge >= 0.3 is 6.09 Å². The molecule has 1 saturated heterocycles. The van der Waals surface area contributed by atoms with Crippen molar-refractivity contribution in [2.24, 2.45) is 0 Å². The van der Waals surface area contributed by atoms with Crippen LogP contribution in [-0.2, 0) is 11.2 Å². The van der Waals surface area contributed by atoms with Gasteiger partial charge in [-0.2, -0.15) is 0 Å². The molecule has 2 heterocycles. The van der Waals surface area contributed by atoms with Gasteiger partial charge in [0, 0.05) is 0 Å². The molecule has 0 N–H and O–H groups in total. The van der Waals surface area contributed by atoms with Gasteiger partial charge in [0.1, 0.15) is 6.61 Å². The van der Waals surface area contributed by atoms with E-state index in [1.54, 1.807) is 7.11 Å². The van der Waals surface area contributed by atoms with Gasteiger partial charge in [-0.15, -0.1) is 0 Å². The second kappa shape index (κ2) is 8.62. The predicted molar refractivity (Wildman–Crippen MR) is 108 cm³/mol. The zero-order valence-corrected chi connectivity index (χ0v) is 17.2. The molecule has 4 rings (SSSR count). The molecule has 0 bridgehead atoms. The minimum absolute atomic E-state index is 0.0810. The first-order valence-corrected chi connectivity index (χ1v) is 11.0. The second-order valence-corrected chi connectivity index (χ2v) is 8.43. The molecular weight excluding hydrogens is 354 g/mol. The molecule has 2 atom stereocenters. The highest BCUT2D eigenvalue weighted by Gasteiger charge is 2.43. The van der Waals surface area contributed by atoms with E-state index in [4.69, 9.17) is 14.2 Å². The Bertz CT molecular complexity index is 698. The lowest BCUT2D eigenvalue weighted by atomic mass is 9.86. The lowest BCUT2D eigenvalue weighted by Crippen LogP contribution is -2.42. The largest absolute Gasteiger partial charge is 0.493 e. The quantitative estimate of drug-likeness (QED) is 0.560. The van der Waals surface area contributed by atoms with Crippen molar-refractivity contribution < 1.29 is 19.0 Å². The van der Waals surface area contributed by atoms with Gasteiger partial charge in [0.05, 0.1) is 25.3 Å². The summed E-state index contributed by atoms with van der Waals surface area (Å²) in [6.07, 6.45) is 11.4. The van der Waals surface area contributed by atoms with Crippen LogP contribution in [0.25, 0.3) is 0 Å². The van der Waals surface area contributed by atoms with Crippen LogP contribution in [0.2, 0.25) is 0 Å². The number of carbonyl (C=O) groups excluding carboxylic acids is 1. The fourth-order valence-electron chi connectivity index (χ4n) is 5.02. The van der Waals surface area contributed by atoms with Crippen molar-refractivity contribution in [1.82, 2.24) is 4.90 Å². The number of methoxy groups -OCH3 is 1. The Balaban J connectivity index is 1.63. The second-order valence-electron chi connectivity index (χ2n) is 8.43. The summed E-state index contributed by atoms with van der Waals surface area (Å²) in [4.78, 5) is 14.4. The van der Waals surface area contributed by atoms with Crippen LogP contribution in [-0.4, -0.2) is 36.9 Å². The number of nitrogens with zero attached hydrogens (tertiary/aromatic N) is 1. The van der Waals surface area contributed by atoms with Crippen molar-refractivity contribution in [2.45, 2.75) is 89.3 Å². The van der Waals surface area contributed by atoms with E-state index in [2.05, 4.69) is 19.1 Å².